The minimum atomic E-state index is -0.147. The van der Waals surface area contributed by atoms with Crippen LogP contribution >= 0.6 is 0 Å². The molecule has 1 heterocycles. The van der Waals surface area contributed by atoms with Crippen molar-refractivity contribution in [1.29, 1.82) is 0 Å². The molecule has 0 unspecified atom stereocenters. The van der Waals surface area contributed by atoms with Gasteiger partial charge in [-0.2, -0.15) is 0 Å². The van der Waals surface area contributed by atoms with Gasteiger partial charge in [0.05, 0.1) is 0 Å². The minimum absolute atomic E-state index is 0.147. The summed E-state index contributed by atoms with van der Waals surface area (Å²) in [5.41, 5.74) is 8.45. The Hall–Kier alpha value is -1.35. The van der Waals surface area contributed by atoms with Crippen LogP contribution in [0.4, 0.5) is 0 Å². The van der Waals surface area contributed by atoms with Crippen molar-refractivity contribution in [3.63, 3.8) is 0 Å². The van der Waals surface area contributed by atoms with E-state index in [2.05, 4.69) is 17.3 Å². The highest BCUT2D eigenvalue weighted by Gasteiger charge is 2.29. The van der Waals surface area contributed by atoms with E-state index in [9.17, 15) is 0 Å². The number of nitrogens with zero attached hydrogens (tertiary/aromatic N) is 1. The van der Waals surface area contributed by atoms with E-state index < -0.39 is 0 Å². The summed E-state index contributed by atoms with van der Waals surface area (Å²) < 4.78 is 4.95. The first-order valence-corrected chi connectivity index (χ1v) is 5.91. The molecule has 3 nitrogen and oxygen atoms in total. The van der Waals surface area contributed by atoms with Gasteiger partial charge in [0.2, 0.25) is 0 Å². The van der Waals surface area contributed by atoms with E-state index in [-0.39, 0.29) is 5.54 Å². The zero-order valence-electron chi connectivity index (χ0n) is 9.28. The lowest BCUT2D eigenvalue weighted by Gasteiger charge is -2.33. The van der Waals surface area contributed by atoms with Crippen LogP contribution in [0.5, 0.6) is 0 Å². The van der Waals surface area contributed by atoms with Crippen LogP contribution in [0, 0.1) is 0 Å². The van der Waals surface area contributed by atoms with Crippen LogP contribution in [-0.2, 0) is 5.54 Å². The third-order valence-electron chi connectivity index (χ3n) is 3.68. The third kappa shape index (κ3) is 1.52. The number of benzene rings is 1. The van der Waals surface area contributed by atoms with Crippen LogP contribution < -0.4 is 5.73 Å². The molecule has 0 radical (unpaired) electrons. The summed E-state index contributed by atoms with van der Waals surface area (Å²) in [7, 11) is 0. The van der Waals surface area contributed by atoms with Crippen molar-refractivity contribution < 1.29 is 4.52 Å². The van der Waals surface area contributed by atoms with E-state index in [0.29, 0.717) is 0 Å². The number of hydrogen-bond acceptors (Lipinski definition) is 3. The Kier molecular flexibility index (Phi) is 2.21. The highest BCUT2D eigenvalue weighted by molar-refractivity contribution is 5.78. The van der Waals surface area contributed by atoms with Gasteiger partial charge in [-0.1, -0.05) is 30.5 Å². The molecule has 16 heavy (non-hydrogen) atoms. The monoisotopic (exact) mass is 216 g/mol. The summed E-state index contributed by atoms with van der Waals surface area (Å²) in [6, 6.07) is 6.24. The molecule has 0 atom stereocenters. The molecule has 3 rings (SSSR count). The quantitative estimate of drug-likeness (QED) is 0.797. The smallest absolute Gasteiger partial charge is 0.131 e. The molecule has 3 heteroatoms. The Morgan fingerprint density at radius 2 is 2.00 bits per heavy atom. The van der Waals surface area contributed by atoms with E-state index in [1.807, 2.05) is 6.07 Å². The maximum Gasteiger partial charge on any atom is 0.131 e. The molecule has 0 spiro atoms. The molecule has 0 amide bonds. The Labute approximate surface area is 94.6 Å². The van der Waals surface area contributed by atoms with E-state index in [1.165, 1.54) is 24.8 Å². The highest BCUT2D eigenvalue weighted by Crippen LogP contribution is 2.35. The lowest BCUT2D eigenvalue weighted by Crippen LogP contribution is -2.38. The van der Waals surface area contributed by atoms with Gasteiger partial charge >= 0.3 is 0 Å². The van der Waals surface area contributed by atoms with E-state index in [0.717, 1.165) is 23.7 Å². The van der Waals surface area contributed by atoms with Gasteiger partial charge in [0, 0.05) is 10.9 Å². The number of nitrogens with two attached hydrogens (primary N) is 1. The average molecular weight is 216 g/mol. The molecule has 1 aliphatic carbocycles. The van der Waals surface area contributed by atoms with Gasteiger partial charge in [-0.25, -0.2) is 0 Å². The molecule has 0 bridgehead atoms. The molecule has 1 fully saturated rings. The fraction of sp³-hybridized carbons (Fsp3) is 0.462. The van der Waals surface area contributed by atoms with Gasteiger partial charge in [0.15, 0.2) is 0 Å². The number of hydrogen-bond donors (Lipinski definition) is 1. The van der Waals surface area contributed by atoms with E-state index in [1.54, 1.807) is 6.26 Å². The van der Waals surface area contributed by atoms with E-state index in [4.69, 9.17) is 10.3 Å². The molecule has 1 aromatic heterocycles. The fourth-order valence-electron chi connectivity index (χ4n) is 2.64. The van der Waals surface area contributed by atoms with Gasteiger partial charge in [-0.05, 0) is 30.5 Å². The molecule has 1 aliphatic rings. The van der Waals surface area contributed by atoms with Crippen LogP contribution in [0.1, 0.15) is 37.7 Å². The van der Waals surface area contributed by atoms with Gasteiger partial charge in [0.1, 0.15) is 11.8 Å². The van der Waals surface area contributed by atoms with Crippen LogP contribution in [0.2, 0.25) is 0 Å². The summed E-state index contributed by atoms with van der Waals surface area (Å²) in [6.07, 6.45) is 7.60. The lowest BCUT2D eigenvalue weighted by molar-refractivity contribution is 0.302. The maximum absolute atomic E-state index is 6.48. The zero-order valence-corrected chi connectivity index (χ0v) is 9.28. The normalized spacial score (nSPS) is 20.1. The lowest BCUT2D eigenvalue weighted by atomic mass is 9.77. The molecule has 2 N–H and O–H groups in total. The van der Waals surface area contributed by atoms with Gasteiger partial charge in [0.25, 0.3) is 0 Å². The molecular weight excluding hydrogens is 200 g/mol. The first kappa shape index (κ1) is 9.85. The van der Waals surface area contributed by atoms with Crippen molar-refractivity contribution in [2.45, 2.75) is 37.6 Å². The average Bonchev–Trinajstić information content (AvgIpc) is 2.77. The van der Waals surface area contributed by atoms with Crippen LogP contribution in [0.3, 0.4) is 0 Å². The van der Waals surface area contributed by atoms with Crippen molar-refractivity contribution in [3.05, 3.63) is 30.0 Å². The first-order valence-electron chi connectivity index (χ1n) is 5.91. The zero-order chi connectivity index (χ0) is 11.0. The van der Waals surface area contributed by atoms with Crippen molar-refractivity contribution in [3.8, 4) is 0 Å². The molecule has 2 aromatic rings. The van der Waals surface area contributed by atoms with Crippen molar-refractivity contribution in [1.82, 2.24) is 5.16 Å². The Morgan fingerprint density at radius 3 is 2.81 bits per heavy atom. The topological polar surface area (TPSA) is 52.0 Å². The molecule has 84 valence electrons. The van der Waals surface area contributed by atoms with Crippen LogP contribution in [-0.4, -0.2) is 5.16 Å². The second kappa shape index (κ2) is 3.59. The van der Waals surface area contributed by atoms with Crippen LogP contribution in [0.25, 0.3) is 10.9 Å². The van der Waals surface area contributed by atoms with Gasteiger partial charge in [-0.3, -0.25) is 0 Å². The molecule has 1 aromatic carbocycles. The SMILES string of the molecule is NC1(c2ccc3conc3c2)CCCCC1. The summed E-state index contributed by atoms with van der Waals surface area (Å²) in [4.78, 5) is 0. The molecule has 1 saturated carbocycles. The number of rotatable bonds is 1. The van der Waals surface area contributed by atoms with Crippen LogP contribution in [0.15, 0.2) is 29.0 Å². The number of aromatic nitrogens is 1. The van der Waals surface area contributed by atoms with Crippen molar-refractivity contribution in [2.24, 2.45) is 5.73 Å². The number of fused-ring (bicyclic) bond motifs is 1. The second-order valence-electron chi connectivity index (χ2n) is 4.80. The fourth-order valence-corrected chi connectivity index (χ4v) is 2.64. The Balaban J connectivity index is 2.03. The minimum Gasteiger partial charge on any atom is -0.364 e. The summed E-state index contributed by atoms with van der Waals surface area (Å²) in [5, 5.41) is 5.02. The summed E-state index contributed by atoms with van der Waals surface area (Å²) in [5.74, 6) is 0. The van der Waals surface area contributed by atoms with Crippen molar-refractivity contribution >= 4 is 10.9 Å². The second-order valence-corrected chi connectivity index (χ2v) is 4.80. The van der Waals surface area contributed by atoms with E-state index >= 15 is 0 Å². The summed E-state index contributed by atoms with van der Waals surface area (Å²) in [6.45, 7) is 0. The molecule has 0 aliphatic heterocycles. The maximum atomic E-state index is 6.48. The molecule has 0 saturated heterocycles. The molecular formula is C13H16N2O. The predicted octanol–water partition coefficient (Wildman–Crippen LogP) is 2.95. The first-order chi connectivity index (χ1) is 7.78. The Bertz CT molecular complexity index is 497. The van der Waals surface area contributed by atoms with Crippen molar-refractivity contribution in [2.75, 3.05) is 0 Å². The predicted molar refractivity (Wildman–Crippen MR) is 63.0 cm³/mol. The Morgan fingerprint density at radius 1 is 1.19 bits per heavy atom. The highest BCUT2D eigenvalue weighted by atomic mass is 16.5. The van der Waals surface area contributed by atoms with Gasteiger partial charge in [-0.15, -0.1) is 0 Å². The third-order valence-corrected chi connectivity index (χ3v) is 3.68. The largest absolute Gasteiger partial charge is 0.364 e. The van der Waals surface area contributed by atoms with Gasteiger partial charge < -0.3 is 10.3 Å². The standard InChI is InChI=1S/C13H16N2O/c14-13(6-2-1-3-7-13)11-5-4-10-9-16-15-12(10)8-11/h4-5,8-9H,1-3,6-7,14H2. The summed E-state index contributed by atoms with van der Waals surface area (Å²) >= 11 is 0.